The van der Waals surface area contributed by atoms with E-state index in [1.807, 2.05) is 30.3 Å². The average molecular weight is 244 g/mol. The third-order valence-electron chi connectivity index (χ3n) is 3.03. The van der Waals surface area contributed by atoms with Crippen LogP contribution in [0.1, 0.15) is 5.56 Å². The second kappa shape index (κ2) is 4.64. The Morgan fingerprint density at radius 2 is 2.11 bits per heavy atom. The first kappa shape index (κ1) is 11.0. The monoisotopic (exact) mass is 244 g/mol. The predicted octanol–water partition coefficient (Wildman–Crippen LogP) is 2.62. The molecule has 0 amide bonds. The molecule has 0 spiro atoms. The first-order valence-corrected chi connectivity index (χ1v) is 5.90. The number of hydrogen-bond acceptors (Lipinski definition) is 3. The van der Waals surface area contributed by atoms with E-state index in [2.05, 4.69) is 9.88 Å². The molecule has 1 aliphatic rings. The molecule has 2 aromatic rings. The molecule has 3 nitrogen and oxygen atoms in total. The molecule has 3 rings (SSSR count). The lowest BCUT2D eigenvalue weighted by Crippen LogP contribution is -2.25. The molecule has 0 N–H and O–H groups in total. The molecule has 0 saturated carbocycles. The number of aromatic nitrogens is 1. The van der Waals surface area contributed by atoms with Gasteiger partial charge in [-0.05, 0) is 12.1 Å². The predicted molar refractivity (Wildman–Crippen MR) is 67.2 cm³/mol. The number of nitrogens with zero attached hydrogens (tertiary/aromatic N) is 2. The summed E-state index contributed by atoms with van der Waals surface area (Å²) < 4.78 is 18.8. The molecule has 0 unspecified atom stereocenters. The highest BCUT2D eigenvalue weighted by Crippen LogP contribution is 2.25. The van der Waals surface area contributed by atoms with Gasteiger partial charge >= 0.3 is 0 Å². The molecule has 18 heavy (non-hydrogen) atoms. The summed E-state index contributed by atoms with van der Waals surface area (Å²) in [6.07, 6.45) is 1.49. The van der Waals surface area contributed by atoms with E-state index in [4.69, 9.17) is 4.74 Å². The van der Waals surface area contributed by atoms with Crippen molar-refractivity contribution in [1.82, 2.24) is 4.98 Å². The fraction of sp³-hybridized carbons (Fsp3) is 0.214. The van der Waals surface area contributed by atoms with Crippen LogP contribution >= 0.6 is 0 Å². The molecular weight excluding hydrogens is 231 g/mol. The lowest BCUT2D eigenvalue weighted by Gasteiger charge is -2.21. The largest absolute Gasteiger partial charge is 0.491 e. The van der Waals surface area contributed by atoms with Gasteiger partial charge in [-0.2, -0.15) is 4.39 Å². The van der Waals surface area contributed by atoms with Crippen molar-refractivity contribution >= 4 is 5.69 Å². The van der Waals surface area contributed by atoms with Crippen LogP contribution in [0.2, 0.25) is 0 Å². The van der Waals surface area contributed by atoms with E-state index in [1.54, 1.807) is 0 Å². The van der Waals surface area contributed by atoms with Crippen LogP contribution in [0.15, 0.2) is 42.6 Å². The van der Waals surface area contributed by atoms with Gasteiger partial charge in [0.15, 0.2) is 0 Å². The van der Waals surface area contributed by atoms with Gasteiger partial charge < -0.3 is 9.64 Å². The number of benzene rings is 1. The minimum atomic E-state index is -0.453. The summed E-state index contributed by atoms with van der Waals surface area (Å²) in [6.45, 7) is 2.05. The van der Waals surface area contributed by atoms with Gasteiger partial charge in [-0.3, -0.25) is 0 Å². The van der Waals surface area contributed by atoms with Crippen LogP contribution in [0.5, 0.6) is 5.75 Å². The Morgan fingerprint density at radius 3 is 3.00 bits per heavy atom. The van der Waals surface area contributed by atoms with Crippen LogP contribution in [0.25, 0.3) is 0 Å². The first-order chi connectivity index (χ1) is 8.83. The first-order valence-electron chi connectivity index (χ1n) is 5.90. The second-order valence-electron chi connectivity index (χ2n) is 4.21. The average Bonchev–Trinajstić information content (AvgIpc) is 2.60. The molecule has 0 saturated heterocycles. The summed E-state index contributed by atoms with van der Waals surface area (Å²) in [5.41, 5.74) is 1.95. The van der Waals surface area contributed by atoms with Gasteiger partial charge in [0.2, 0.25) is 5.95 Å². The standard InChI is InChI=1S/C14H13FN2O/c15-14-9-12(5-6-16-14)17-7-8-18-13-4-2-1-3-11(13)10-17/h1-6,9H,7-8,10H2. The molecule has 0 radical (unpaired) electrons. The number of pyridine rings is 1. The number of para-hydroxylation sites is 1. The number of rotatable bonds is 1. The lowest BCUT2D eigenvalue weighted by atomic mass is 10.2. The summed E-state index contributed by atoms with van der Waals surface area (Å²) in [5.74, 6) is 0.459. The fourth-order valence-electron chi connectivity index (χ4n) is 2.14. The van der Waals surface area contributed by atoms with Crippen LogP contribution in [-0.2, 0) is 6.54 Å². The highest BCUT2D eigenvalue weighted by Gasteiger charge is 2.15. The van der Waals surface area contributed by atoms with Gasteiger partial charge in [-0.25, -0.2) is 4.98 Å². The van der Waals surface area contributed by atoms with Crippen molar-refractivity contribution < 1.29 is 9.13 Å². The van der Waals surface area contributed by atoms with Gasteiger partial charge in [-0.1, -0.05) is 18.2 Å². The molecule has 0 aliphatic carbocycles. The minimum Gasteiger partial charge on any atom is -0.491 e. The van der Waals surface area contributed by atoms with Crippen molar-refractivity contribution in [3.63, 3.8) is 0 Å². The summed E-state index contributed by atoms with van der Waals surface area (Å²) in [6, 6.07) is 11.2. The van der Waals surface area contributed by atoms with Crippen LogP contribution in [0.4, 0.5) is 10.1 Å². The highest BCUT2D eigenvalue weighted by atomic mass is 19.1. The molecular formula is C14H13FN2O. The second-order valence-corrected chi connectivity index (χ2v) is 4.21. The van der Waals surface area contributed by atoms with Crippen molar-refractivity contribution in [3.05, 3.63) is 54.1 Å². The van der Waals surface area contributed by atoms with Crippen molar-refractivity contribution in [3.8, 4) is 5.75 Å². The summed E-state index contributed by atoms with van der Waals surface area (Å²) in [7, 11) is 0. The zero-order chi connectivity index (χ0) is 12.4. The van der Waals surface area contributed by atoms with Crippen molar-refractivity contribution in [2.75, 3.05) is 18.1 Å². The van der Waals surface area contributed by atoms with E-state index in [-0.39, 0.29) is 0 Å². The Labute approximate surface area is 105 Å². The quantitative estimate of drug-likeness (QED) is 0.721. The maximum Gasteiger partial charge on any atom is 0.214 e. The zero-order valence-corrected chi connectivity index (χ0v) is 9.84. The third kappa shape index (κ3) is 2.14. The molecule has 1 aromatic heterocycles. The Morgan fingerprint density at radius 1 is 1.22 bits per heavy atom. The van der Waals surface area contributed by atoms with Crippen molar-refractivity contribution in [1.29, 1.82) is 0 Å². The van der Waals surface area contributed by atoms with E-state index in [1.165, 1.54) is 12.3 Å². The number of fused-ring (bicyclic) bond motifs is 1. The Kier molecular flexibility index (Phi) is 2.84. The Balaban J connectivity index is 1.91. The summed E-state index contributed by atoms with van der Waals surface area (Å²) in [5, 5.41) is 0. The lowest BCUT2D eigenvalue weighted by molar-refractivity contribution is 0.331. The topological polar surface area (TPSA) is 25.4 Å². The van der Waals surface area contributed by atoms with Crippen LogP contribution in [0.3, 0.4) is 0 Å². The molecule has 0 fully saturated rings. The molecule has 0 atom stereocenters. The molecule has 1 aromatic carbocycles. The fourth-order valence-corrected chi connectivity index (χ4v) is 2.14. The van der Waals surface area contributed by atoms with Crippen LogP contribution < -0.4 is 9.64 Å². The molecule has 92 valence electrons. The minimum absolute atomic E-state index is 0.453. The Hall–Kier alpha value is -2.10. The maximum absolute atomic E-state index is 13.2. The third-order valence-corrected chi connectivity index (χ3v) is 3.03. The van der Waals surface area contributed by atoms with E-state index in [0.717, 1.165) is 30.1 Å². The van der Waals surface area contributed by atoms with Gasteiger partial charge in [0.05, 0.1) is 6.54 Å². The molecule has 2 heterocycles. The summed E-state index contributed by atoms with van der Waals surface area (Å²) in [4.78, 5) is 5.67. The van der Waals surface area contributed by atoms with E-state index >= 15 is 0 Å². The number of anilines is 1. The maximum atomic E-state index is 13.2. The molecule has 4 heteroatoms. The van der Waals surface area contributed by atoms with Crippen LogP contribution in [0, 0.1) is 5.95 Å². The molecule has 0 bridgehead atoms. The van der Waals surface area contributed by atoms with E-state index in [0.29, 0.717) is 6.61 Å². The van der Waals surface area contributed by atoms with Crippen molar-refractivity contribution in [2.45, 2.75) is 6.54 Å². The summed E-state index contributed by atoms with van der Waals surface area (Å²) >= 11 is 0. The Bertz CT molecular complexity index is 559. The van der Waals surface area contributed by atoms with Gasteiger partial charge in [0.25, 0.3) is 0 Å². The number of ether oxygens (including phenoxy) is 1. The van der Waals surface area contributed by atoms with Crippen molar-refractivity contribution in [2.24, 2.45) is 0 Å². The molecule has 1 aliphatic heterocycles. The number of hydrogen-bond donors (Lipinski definition) is 0. The van der Waals surface area contributed by atoms with Gasteiger partial charge in [0, 0.05) is 30.1 Å². The normalized spacial score (nSPS) is 14.6. The van der Waals surface area contributed by atoms with E-state index in [9.17, 15) is 4.39 Å². The van der Waals surface area contributed by atoms with Gasteiger partial charge in [0.1, 0.15) is 12.4 Å². The smallest absolute Gasteiger partial charge is 0.214 e. The highest BCUT2D eigenvalue weighted by molar-refractivity contribution is 5.48. The number of halogens is 1. The SMILES string of the molecule is Fc1cc(N2CCOc3ccccc3C2)ccn1. The van der Waals surface area contributed by atoms with Gasteiger partial charge in [-0.15, -0.1) is 0 Å². The van der Waals surface area contributed by atoms with Crippen LogP contribution in [-0.4, -0.2) is 18.1 Å². The zero-order valence-electron chi connectivity index (χ0n) is 9.84. The van der Waals surface area contributed by atoms with E-state index < -0.39 is 5.95 Å².